The second-order valence-electron chi connectivity index (χ2n) is 6.59. The smallest absolute Gasteiger partial charge is 0.209 e. The van der Waals surface area contributed by atoms with Crippen LogP contribution in [0.1, 0.15) is 30.0 Å². The molecule has 0 radical (unpaired) electrons. The standard InChI is InChI=1S/C21H21FN2O2/c1-14-19-11-17(22)6-3-15(19)9-10-24(14)13-21-23-12-20(26-21)16-4-7-18(25-2)8-5-16/h3-8,11-12,14H,9-10,13H2,1-2H3. The van der Waals surface area contributed by atoms with Crippen molar-refractivity contribution in [3.05, 3.63) is 71.5 Å². The van der Waals surface area contributed by atoms with Crippen LogP contribution in [0.5, 0.6) is 5.75 Å². The van der Waals surface area contributed by atoms with Crippen LogP contribution in [-0.4, -0.2) is 23.5 Å². The Balaban J connectivity index is 1.50. The number of rotatable bonds is 4. The quantitative estimate of drug-likeness (QED) is 0.687. The number of ether oxygens (including phenoxy) is 1. The maximum atomic E-state index is 13.6. The first-order valence-corrected chi connectivity index (χ1v) is 8.75. The Morgan fingerprint density at radius 1 is 1.23 bits per heavy atom. The Hall–Kier alpha value is -2.66. The van der Waals surface area contributed by atoms with Crippen LogP contribution in [0, 0.1) is 5.82 Å². The number of aromatic nitrogens is 1. The minimum Gasteiger partial charge on any atom is -0.497 e. The summed E-state index contributed by atoms with van der Waals surface area (Å²) in [4.78, 5) is 6.69. The largest absolute Gasteiger partial charge is 0.497 e. The number of hydrogen-bond acceptors (Lipinski definition) is 4. The molecule has 2 heterocycles. The molecule has 0 saturated carbocycles. The van der Waals surface area contributed by atoms with Crippen molar-refractivity contribution in [3.63, 3.8) is 0 Å². The van der Waals surface area contributed by atoms with Crippen LogP contribution in [0.3, 0.4) is 0 Å². The van der Waals surface area contributed by atoms with Gasteiger partial charge in [-0.2, -0.15) is 0 Å². The van der Waals surface area contributed by atoms with Gasteiger partial charge in [0.05, 0.1) is 19.9 Å². The third-order valence-electron chi connectivity index (χ3n) is 5.04. The molecule has 1 atom stereocenters. The molecule has 0 aliphatic carbocycles. The number of hydrogen-bond donors (Lipinski definition) is 0. The summed E-state index contributed by atoms with van der Waals surface area (Å²) in [5.74, 6) is 2.03. The number of methoxy groups -OCH3 is 1. The third kappa shape index (κ3) is 3.22. The molecule has 1 aliphatic rings. The summed E-state index contributed by atoms with van der Waals surface area (Å²) in [6.07, 6.45) is 2.66. The van der Waals surface area contributed by atoms with Crippen molar-refractivity contribution in [3.8, 4) is 17.1 Å². The molecule has 0 spiro atoms. The average Bonchev–Trinajstić information content (AvgIpc) is 3.13. The van der Waals surface area contributed by atoms with Crippen molar-refractivity contribution in [1.29, 1.82) is 0 Å². The predicted molar refractivity (Wildman–Crippen MR) is 97.4 cm³/mol. The van der Waals surface area contributed by atoms with Gasteiger partial charge in [-0.3, -0.25) is 4.90 Å². The number of oxazole rings is 1. The fourth-order valence-electron chi connectivity index (χ4n) is 3.50. The van der Waals surface area contributed by atoms with Gasteiger partial charge in [-0.05, 0) is 60.9 Å². The molecule has 134 valence electrons. The molecule has 0 amide bonds. The maximum absolute atomic E-state index is 13.6. The second-order valence-corrected chi connectivity index (χ2v) is 6.59. The van der Waals surface area contributed by atoms with Gasteiger partial charge in [0.15, 0.2) is 5.76 Å². The van der Waals surface area contributed by atoms with Crippen molar-refractivity contribution in [1.82, 2.24) is 9.88 Å². The summed E-state index contributed by atoms with van der Waals surface area (Å²) in [6, 6.07) is 12.9. The first kappa shape index (κ1) is 16.8. The summed E-state index contributed by atoms with van der Waals surface area (Å²) in [7, 11) is 1.64. The number of fused-ring (bicyclic) bond motifs is 1. The first-order chi connectivity index (χ1) is 12.6. The van der Waals surface area contributed by atoms with E-state index < -0.39 is 0 Å². The van der Waals surface area contributed by atoms with E-state index in [1.54, 1.807) is 19.4 Å². The van der Waals surface area contributed by atoms with Gasteiger partial charge in [-0.25, -0.2) is 9.37 Å². The lowest BCUT2D eigenvalue weighted by Crippen LogP contribution is -2.33. The van der Waals surface area contributed by atoms with Crippen LogP contribution >= 0.6 is 0 Å². The zero-order valence-electron chi connectivity index (χ0n) is 14.9. The third-order valence-corrected chi connectivity index (χ3v) is 5.04. The van der Waals surface area contributed by atoms with Crippen LogP contribution in [-0.2, 0) is 13.0 Å². The van der Waals surface area contributed by atoms with Gasteiger partial charge >= 0.3 is 0 Å². The number of nitrogens with zero attached hydrogens (tertiary/aromatic N) is 2. The first-order valence-electron chi connectivity index (χ1n) is 8.75. The zero-order valence-corrected chi connectivity index (χ0v) is 14.9. The van der Waals surface area contributed by atoms with Crippen LogP contribution in [0.25, 0.3) is 11.3 Å². The highest BCUT2D eigenvalue weighted by Crippen LogP contribution is 2.31. The van der Waals surface area contributed by atoms with Crippen LogP contribution < -0.4 is 4.74 Å². The Kier molecular flexibility index (Phi) is 4.47. The Morgan fingerprint density at radius 3 is 2.81 bits per heavy atom. The fourth-order valence-corrected chi connectivity index (χ4v) is 3.50. The molecule has 1 aromatic heterocycles. The fraction of sp³-hybridized carbons (Fsp3) is 0.286. The van der Waals surface area contributed by atoms with Crippen molar-refractivity contribution < 1.29 is 13.5 Å². The van der Waals surface area contributed by atoms with E-state index in [9.17, 15) is 4.39 Å². The molecular formula is C21H21FN2O2. The van der Waals surface area contributed by atoms with Gasteiger partial charge in [0.1, 0.15) is 11.6 Å². The van der Waals surface area contributed by atoms with E-state index in [1.807, 2.05) is 30.3 Å². The molecule has 2 aromatic carbocycles. The summed E-state index contributed by atoms with van der Waals surface area (Å²) in [5.41, 5.74) is 3.24. The lowest BCUT2D eigenvalue weighted by atomic mass is 9.93. The Labute approximate surface area is 152 Å². The average molecular weight is 352 g/mol. The van der Waals surface area contributed by atoms with E-state index in [-0.39, 0.29) is 11.9 Å². The molecule has 0 saturated heterocycles. The highest BCUT2D eigenvalue weighted by molar-refractivity contribution is 5.57. The van der Waals surface area contributed by atoms with Crippen LogP contribution in [0.15, 0.2) is 53.1 Å². The highest BCUT2D eigenvalue weighted by atomic mass is 19.1. The molecule has 0 bridgehead atoms. The lowest BCUT2D eigenvalue weighted by Gasteiger charge is -2.34. The molecule has 3 aromatic rings. The second kappa shape index (κ2) is 6.92. The monoisotopic (exact) mass is 352 g/mol. The molecular weight excluding hydrogens is 331 g/mol. The SMILES string of the molecule is COc1ccc(-c2cnc(CN3CCc4ccc(F)cc4C3C)o2)cc1. The summed E-state index contributed by atoms with van der Waals surface area (Å²) >= 11 is 0. The summed E-state index contributed by atoms with van der Waals surface area (Å²) < 4.78 is 24.7. The molecule has 4 rings (SSSR count). The van der Waals surface area contributed by atoms with E-state index >= 15 is 0 Å². The van der Waals surface area contributed by atoms with E-state index in [1.165, 1.54) is 11.6 Å². The van der Waals surface area contributed by atoms with Crippen molar-refractivity contribution >= 4 is 0 Å². The zero-order chi connectivity index (χ0) is 18.1. The Morgan fingerprint density at radius 2 is 2.04 bits per heavy atom. The topological polar surface area (TPSA) is 38.5 Å². The summed E-state index contributed by atoms with van der Waals surface area (Å²) in [6.45, 7) is 3.61. The minimum atomic E-state index is -0.185. The van der Waals surface area contributed by atoms with Crippen molar-refractivity contribution in [2.24, 2.45) is 0 Å². The van der Waals surface area contributed by atoms with E-state index in [0.717, 1.165) is 35.6 Å². The molecule has 0 N–H and O–H groups in total. The van der Waals surface area contributed by atoms with Gasteiger partial charge in [-0.15, -0.1) is 0 Å². The highest BCUT2D eigenvalue weighted by Gasteiger charge is 2.25. The van der Waals surface area contributed by atoms with E-state index in [2.05, 4.69) is 16.8 Å². The van der Waals surface area contributed by atoms with Gasteiger partial charge in [0.2, 0.25) is 5.89 Å². The van der Waals surface area contributed by atoms with Gasteiger partial charge in [-0.1, -0.05) is 6.07 Å². The molecule has 5 heteroatoms. The normalized spacial score (nSPS) is 17.1. The van der Waals surface area contributed by atoms with Crippen molar-refractivity contribution in [2.45, 2.75) is 25.9 Å². The van der Waals surface area contributed by atoms with Gasteiger partial charge in [0, 0.05) is 18.2 Å². The van der Waals surface area contributed by atoms with Crippen LogP contribution in [0.2, 0.25) is 0 Å². The lowest BCUT2D eigenvalue weighted by molar-refractivity contribution is 0.172. The van der Waals surface area contributed by atoms with Crippen molar-refractivity contribution in [2.75, 3.05) is 13.7 Å². The maximum Gasteiger partial charge on any atom is 0.209 e. The molecule has 26 heavy (non-hydrogen) atoms. The van der Waals surface area contributed by atoms with Crippen LogP contribution in [0.4, 0.5) is 4.39 Å². The van der Waals surface area contributed by atoms with Gasteiger partial charge in [0.25, 0.3) is 0 Å². The number of benzene rings is 2. The Bertz CT molecular complexity index is 905. The molecule has 1 unspecified atom stereocenters. The van der Waals surface area contributed by atoms with Gasteiger partial charge < -0.3 is 9.15 Å². The molecule has 0 fully saturated rings. The summed E-state index contributed by atoms with van der Waals surface area (Å²) in [5, 5.41) is 0. The number of halogens is 1. The van der Waals surface area contributed by atoms with E-state index in [4.69, 9.17) is 9.15 Å². The van der Waals surface area contributed by atoms with E-state index in [0.29, 0.717) is 12.4 Å². The minimum absolute atomic E-state index is 0.130. The molecule has 4 nitrogen and oxygen atoms in total. The predicted octanol–water partition coefficient (Wildman–Crippen LogP) is 4.61. The molecule has 1 aliphatic heterocycles.